The Kier molecular flexibility index (Phi) is 6.07. The summed E-state index contributed by atoms with van der Waals surface area (Å²) < 4.78 is 16.4. The van der Waals surface area contributed by atoms with E-state index in [1.807, 2.05) is 44.2 Å². The van der Waals surface area contributed by atoms with E-state index >= 15 is 0 Å². The minimum atomic E-state index is -0.709. The first kappa shape index (κ1) is 19.6. The molecule has 0 amide bonds. The number of hydrogen-bond donors (Lipinski definition) is 0. The lowest BCUT2D eigenvalue weighted by Crippen LogP contribution is -2.32. The quantitative estimate of drug-likeness (QED) is 0.741. The summed E-state index contributed by atoms with van der Waals surface area (Å²) >= 11 is 0. The topological polar surface area (TPSA) is 85.6 Å². The van der Waals surface area contributed by atoms with Crippen molar-refractivity contribution in [1.82, 2.24) is 0 Å². The second kappa shape index (κ2) is 8.68. The first-order valence-corrected chi connectivity index (χ1v) is 9.03. The molecule has 6 nitrogen and oxygen atoms in total. The van der Waals surface area contributed by atoms with Gasteiger partial charge in [0.2, 0.25) is 0 Å². The van der Waals surface area contributed by atoms with Crippen LogP contribution in [0.4, 0.5) is 0 Å². The maximum atomic E-state index is 12.4. The lowest BCUT2D eigenvalue weighted by atomic mass is 10.1. The summed E-state index contributed by atoms with van der Waals surface area (Å²) in [4.78, 5) is 24.6. The number of nitrogens with zero attached hydrogens (tertiary/aromatic N) is 1. The van der Waals surface area contributed by atoms with Gasteiger partial charge in [0.25, 0.3) is 0 Å². The summed E-state index contributed by atoms with van der Waals surface area (Å²) in [7, 11) is 0. The summed E-state index contributed by atoms with van der Waals surface area (Å²) in [5.74, 6) is -0.991. The molecule has 144 valence electrons. The van der Waals surface area contributed by atoms with Gasteiger partial charge in [0.15, 0.2) is 0 Å². The molecule has 28 heavy (non-hydrogen) atoms. The van der Waals surface area contributed by atoms with Gasteiger partial charge in [0, 0.05) is 6.42 Å². The minimum Gasteiger partial charge on any atom is -0.459 e. The molecule has 2 aromatic carbocycles. The Labute approximate surface area is 163 Å². The number of aryl methyl sites for hydroxylation is 2. The van der Waals surface area contributed by atoms with Gasteiger partial charge in [-0.05, 0) is 38.1 Å². The summed E-state index contributed by atoms with van der Waals surface area (Å²) in [5.41, 5.74) is 2.91. The number of hydrogen-bond acceptors (Lipinski definition) is 6. The van der Waals surface area contributed by atoms with Crippen LogP contribution in [0.5, 0.6) is 0 Å². The van der Waals surface area contributed by atoms with Crippen LogP contribution in [-0.2, 0) is 14.2 Å². The molecule has 0 saturated carbocycles. The van der Waals surface area contributed by atoms with Crippen molar-refractivity contribution in [3.8, 4) is 6.07 Å². The molecule has 1 saturated heterocycles. The molecule has 3 atom stereocenters. The van der Waals surface area contributed by atoms with Crippen molar-refractivity contribution in [2.24, 2.45) is 0 Å². The van der Waals surface area contributed by atoms with Crippen molar-refractivity contribution < 1.29 is 23.8 Å². The van der Waals surface area contributed by atoms with E-state index in [4.69, 9.17) is 19.5 Å². The Morgan fingerprint density at radius 1 is 1.00 bits per heavy atom. The number of carbonyl (C=O) groups excluding carboxylic acids is 2. The summed E-state index contributed by atoms with van der Waals surface area (Å²) in [6.45, 7) is 3.75. The second-order valence-electron chi connectivity index (χ2n) is 6.80. The van der Waals surface area contributed by atoms with Gasteiger partial charge in [0.05, 0.1) is 17.2 Å². The molecule has 3 unspecified atom stereocenters. The summed E-state index contributed by atoms with van der Waals surface area (Å²) in [5, 5.41) is 9.14. The molecule has 0 spiro atoms. The highest BCUT2D eigenvalue weighted by Gasteiger charge is 2.39. The van der Waals surface area contributed by atoms with Gasteiger partial charge in [-0.2, -0.15) is 5.26 Å². The van der Waals surface area contributed by atoms with E-state index in [1.54, 1.807) is 24.3 Å². The number of nitriles is 1. The fourth-order valence-corrected chi connectivity index (χ4v) is 2.90. The fourth-order valence-electron chi connectivity index (χ4n) is 2.90. The van der Waals surface area contributed by atoms with Crippen LogP contribution < -0.4 is 0 Å². The monoisotopic (exact) mass is 379 g/mol. The van der Waals surface area contributed by atoms with Gasteiger partial charge in [-0.1, -0.05) is 35.4 Å². The van der Waals surface area contributed by atoms with Crippen molar-refractivity contribution in [3.63, 3.8) is 0 Å². The van der Waals surface area contributed by atoms with Crippen LogP contribution in [0.2, 0.25) is 0 Å². The van der Waals surface area contributed by atoms with E-state index in [2.05, 4.69) is 0 Å². The first-order chi connectivity index (χ1) is 13.5. The number of ether oxygens (including phenoxy) is 3. The average Bonchev–Trinajstić information content (AvgIpc) is 3.09. The molecule has 1 aliphatic rings. The molecule has 0 radical (unpaired) electrons. The standard InChI is InChI=1S/C22H21NO5/c1-14-3-7-16(8-4-14)21(24)26-13-20-19(11-18(12-23)27-20)28-22(25)17-9-5-15(2)6-10-17/h3-10,18-20H,11,13H2,1-2H3. The highest BCUT2D eigenvalue weighted by atomic mass is 16.6. The molecule has 3 rings (SSSR count). The van der Waals surface area contributed by atoms with Gasteiger partial charge in [0.1, 0.15) is 24.9 Å². The zero-order valence-corrected chi connectivity index (χ0v) is 15.8. The number of esters is 2. The Morgan fingerprint density at radius 2 is 1.54 bits per heavy atom. The highest BCUT2D eigenvalue weighted by molar-refractivity contribution is 5.90. The molecule has 1 fully saturated rings. The van der Waals surface area contributed by atoms with Crippen molar-refractivity contribution in [3.05, 3.63) is 70.8 Å². The molecule has 0 bridgehead atoms. The van der Waals surface area contributed by atoms with E-state index in [-0.39, 0.29) is 13.0 Å². The smallest absolute Gasteiger partial charge is 0.338 e. The van der Waals surface area contributed by atoms with E-state index < -0.39 is 30.3 Å². The summed E-state index contributed by atoms with van der Waals surface area (Å²) in [6.07, 6.45) is -1.82. The predicted octanol–water partition coefficient (Wildman–Crippen LogP) is 3.37. The Balaban J connectivity index is 1.62. The van der Waals surface area contributed by atoms with E-state index in [0.717, 1.165) is 11.1 Å². The molecule has 2 aromatic rings. The van der Waals surface area contributed by atoms with E-state index in [0.29, 0.717) is 11.1 Å². The molecule has 1 heterocycles. The third-order valence-electron chi connectivity index (χ3n) is 4.56. The van der Waals surface area contributed by atoms with Crippen molar-refractivity contribution in [2.45, 2.75) is 38.6 Å². The van der Waals surface area contributed by atoms with Crippen molar-refractivity contribution in [2.75, 3.05) is 6.61 Å². The molecule has 1 aliphatic heterocycles. The van der Waals surface area contributed by atoms with E-state index in [9.17, 15) is 9.59 Å². The Hall–Kier alpha value is -3.17. The minimum absolute atomic E-state index is 0.100. The number of benzene rings is 2. The Morgan fingerprint density at radius 3 is 2.07 bits per heavy atom. The molecular weight excluding hydrogens is 358 g/mol. The van der Waals surface area contributed by atoms with Gasteiger partial charge in [-0.3, -0.25) is 0 Å². The highest BCUT2D eigenvalue weighted by Crippen LogP contribution is 2.25. The van der Waals surface area contributed by atoms with Crippen LogP contribution in [0.3, 0.4) is 0 Å². The third kappa shape index (κ3) is 4.76. The van der Waals surface area contributed by atoms with Crippen LogP contribution in [-0.4, -0.2) is 36.9 Å². The maximum absolute atomic E-state index is 12.4. The van der Waals surface area contributed by atoms with Crippen LogP contribution >= 0.6 is 0 Å². The zero-order valence-electron chi connectivity index (χ0n) is 15.8. The fraction of sp³-hybridized carbons (Fsp3) is 0.318. The SMILES string of the molecule is Cc1ccc(C(=O)OCC2OC(C#N)CC2OC(=O)c2ccc(C)cc2)cc1. The number of carbonyl (C=O) groups is 2. The molecule has 0 aliphatic carbocycles. The second-order valence-corrected chi connectivity index (χ2v) is 6.80. The zero-order chi connectivity index (χ0) is 20.1. The molecule has 6 heteroatoms. The maximum Gasteiger partial charge on any atom is 0.338 e. The molecular formula is C22H21NO5. The lowest BCUT2D eigenvalue weighted by Gasteiger charge is -2.19. The third-order valence-corrected chi connectivity index (χ3v) is 4.56. The van der Waals surface area contributed by atoms with E-state index in [1.165, 1.54) is 0 Å². The predicted molar refractivity (Wildman–Crippen MR) is 101 cm³/mol. The first-order valence-electron chi connectivity index (χ1n) is 9.03. The largest absolute Gasteiger partial charge is 0.459 e. The van der Waals surface area contributed by atoms with Crippen LogP contribution in [0.25, 0.3) is 0 Å². The van der Waals surface area contributed by atoms with Gasteiger partial charge in [-0.25, -0.2) is 9.59 Å². The number of rotatable bonds is 5. The Bertz CT molecular complexity index is 883. The van der Waals surface area contributed by atoms with Crippen LogP contribution in [0.1, 0.15) is 38.3 Å². The van der Waals surface area contributed by atoms with Crippen LogP contribution in [0, 0.1) is 25.2 Å². The van der Waals surface area contributed by atoms with Gasteiger partial charge in [-0.15, -0.1) is 0 Å². The van der Waals surface area contributed by atoms with Crippen LogP contribution in [0.15, 0.2) is 48.5 Å². The molecule has 0 N–H and O–H groups in total. The van der Waals surface area contributed by atoms with Crippen molar-refractivity contribution >= 4 is 11.9 Å². The normalized spacial score (nSPS) is 21.0. The molecule has 0 aromatic heterocycles. The van der Waals surface area contributed by atoms with Crippen molar-refractivity contribution in [1.29, 1.82) is 5.26 Å². The van der Waals surface area contributed by atoms with Gasteiger partial charge < -0.3 is 14.2 Å². The average molecular weight is 379 g/mol. The van der Waals surface area contributed by atoms with Gasteiger partial charge >= 0.3 is 11.9 Å². The summed E-state index contributed by atoms with van der Waals surface area (Å²) in [6, 6.07) is 16.0. The lowest BCUT2D eigenvalue weighted by molar-refractivity contribution is -0.0350.